The Kier molecular flexibility index (Phi) is 4.20. The highest BCUT2D eigenvalue weighted by Gasteiger charge is 2.30. The van der Waals surface area contributed by atoms with Gasteiger partial charge in [-0.25, -0.2) is 4.98 Å². The third-order valence-electron chi connectivity index (χ3n) is 3.16. The minimum Gasteiger partial charge on any atom is -0.480 e. The van der Waals surface area contributed by atoms with Crippen LogP contribution in [0.2, 0.25) is 0 Å². The maximum atomic E-state index is 11.2. The highest BCUT2D eigenvalue weighted by atomic mass is 32.2. The average Bonchev–Trinajstić information content (AvgIpc) is 2.77. The molecule has 1 aliphatic rings. The van der Waals surface area contributed by atoms with Crippen LogP contribution < -0.4 is 0 Å². The fourth-order valence-electron chi connectivity index (χ4n) is 1.96. The summed E-state index contributed by atoms with van der Waals surface area (Å²) in [4.78, 5) is 17.4. The monoisotopic (exact) mass is 284 g/mol. The molecule has 1 atom stereocenters. The van der Waals surface area contributed by atoms with Gasteiger partial charge in [-0.05, 0) is 0 Å². The zero-order chi connectivity index (χ0) is 14.0. The predicted molar refractivity (Wildman–Crippen MR) is 74.4 cm³/mol. The molecular formula is C13H20N2O3S. The molecule has 0 aliphatic carbocycles. The van der Waals surface area contributed by atoms with Gasteiger partial charge in [0.2, 0.25) is 5.89 Å². The molecule has 0 bridgehead atoms. The summed E-state index contributed by atoms with van der Waals surface area (Å²) in [7, 11) is 0. The third kappa shape index (κ3) is 3.51. The van der Waals surface area contributed by atoms with Crippen molar-refractivity contribution in [2.24, 2.45) is 0 Å². The number of hydrogen-bond donors (Lipinski definition) is 1. The second-order valence-corrected chi connectivity index (χ2v) is 6.92. The molecule has 2 heterocycles. The van der Waals surface area contributed by atoms with E-state index in [1.54, 1.807) is 18.0 Å². The van der Waals surface area contributed by atoms with Crippen molar-refractivity contribution in [3.8, 4) is 0 Å². The van der Waals surface area contributed by atoms with Crippen LogP contribution in [0.15, 0.2) is 10.6 Å². The molecule has 1 aliphatic heterocycles. The van der Waals surface area contributed by atoms with Crippen LogP contribution in [0, 0.1) is 0 Å². The number of carboxylic acids is 1. The predicted octanol–water partition coefficient (Wildman–Crippen LogP) is 1.97. The average molecular weight is 284 g/mol. The van der Waals surface area contributed by atoms with E-state index >= 15 is 0 Å². The Bertz CT molecular complexity index is 453. The van der Waals surface area contributed by atoms with Gasteiger partial charge in [0, 0.05) is 23.5 Å². The van der Waals surface area contributed by atoms with Gasteiger partial charge in [0.25, 0.3) is 0 Å². The van der Waals surface area contributed by atoms with Crippen molar-refractivity contribution in [1.82, 2.24) is 9.88 Å². The summed E-state index contributed by atoms with van der Waals surface area (Å²) in [5.74, 6) is 2.25. The molecule has 19 heavy (non-hydrogen) atoms. The van der Waals surface area contributed by atoms with E-state index in [9.17, 15) is 9.90 Å². The summed E-state index contributed by atoms with van der Waals surface area (Å²) in [6.07, 6.45) is 1.74. The molecule has 0 amide bonds. The van der Waals surface area contributed by atoms with Crippen molar-refractivity contribution in [2.75, 3.05) is 18.1 Å². The van der Waals surface area contributed by atoms with Gasteiger partial charge < -0.3 is 9.52 Å². The van der Waals surface area contributed by atoms with Crippen LogP contribution in [0.5, 0.6) is 0 Å². The van der Waals surface area contributed by atoms with E-state index < -0.39 is 12.0 Å². The van der Waals surface area contributed by atoms with E-state index in [0.29, 0.717) is 18.2 Å². The summed E-state index contributed by atoms with van der Waals surface area (Å²) in [5, 5.41) is 9.22. The number of oxazole rings is 1. The van der Waals surface area contributed by atoms with Crippen LogP contribution in [-0.4, -0.2) is 45.1 Å². The zero-order valence-electron chi connectivity index (χ0n) is 11.5. The fourth-order valence-corrected chi connectivity index (χ4v) is 3.07. The first-order valence-electron chi connectivity index (χ1n) is 6.37. The van der Waals surface area contributed by atoms with Gasteiger partial charge in [-0.1, -0.05) is 20.8 Å². The minimum absolute atomic E-state index is 0.0742. The summed E-state index contributed by atoms with van der Waals surface area (Å²) in [6, 6.07) is -0.441. The minimum atomic E-state index is -0.769. The quantitative estimate of drug-likeness (QED) is 0.915. The van der Waals surface area contributed by atoms with E-state index in [2.05, 4.69) is 25.8 Å². The molecule has 6 heteroatoms. The van der Waals surface area contributed by atoms with E-state index in [4.69, 9.17) is 4.42 Å². The van der Waals surface area contributed by atoms with Crippen LogP contribution in [0.3, 0.4) is 0 Å². The largest absolute Gasteiger partial charge is 0.480 e. The molecule has 1 fully saturated rings. The number of hydrogen-bond acceptors (Lipinski definition) is 5. The lowest BCUT2D eigenvalue weighted by molar-refractivity contribution is -0.142. The first kappa shape index (κ1) is 14.4. The van der Waals surface area contributed by atoms with E-state index in [1.165, 1.54) is 0 Å². The second-order valence-electron chi connectivity index (χ2n) is 5.77. The Balaban J connectivity index is 2.07. The van der Waals surface area contributed by atoms with Gasteiger partial charge >= 0.3 is 5.97 Å². The zero-order valence-corrected chi connectivity index (χ0v) is 12.4. The number of rotatable bonds is 3. The number of nitrogens with zero attached hydrogens (tertiary/aromatic N) is 2. The van der Waals surface area contributed by atoms with Gasteiger partial charge in [-0.15, -0.1) is 0 Å². The van der Waals surface area contributed by atoms with E-state index in [-0.39, 0.29) is 5.41 Å². The van der Waals surface area contributed by atoms with Crippen molar-refractivity contribution < 1.29 is 14.3 Å². The maximum absolute atomic E-state index is 11.2. The molecule has 2 rings (SSSR count). The lowest BCUT2D eigenvalue weighted by Gasteiger charge is -2.31. The molecule has 0 radical (unpaired) electrons. The Hall–Kier alpha value is -1.01. The van der Waals surface area contributed by atoms with Crippen molar-refractivity contribution in [3.05, 3.63) is 17.8 Å². The summed E-state index contributed by atoms with van der Waals surface area (Å²) < 4.78 is 5.73. The van der Waals surface area contributed by atoms with Crippen LogP contribution in [-0.2, 0) is 16.8 Å². The second kappa shape index (κ2) is 5.54. The number of aliphatic carboxylic acids is 1. The highest BCUT2D eigenvalue weighted by molar-refractivity contribution is 7.99. The van der Waals surface area contributed by atoms with Gasteiger partial charge in [0.1, 0.15) is 11.8 Å². The van der Waals surface area contributed by atoms with Gasteiger partial charge in [-0.2, -0.15) is 11.8 Å². The molecule has 0 saturated carbocycles. The Morgan fingerprint density at radius 3 is 2.95 bits per heavy atom. The maximum Gasteiger partial charge on any atom is 0.321 e. The number of carbonyl (C=O) groups is 1. The Morgan fingerprint density at radius 1 is 1.63 bits per heavy atom. The SMILES string of the molecule is CC(C)(C)c1cnc(CN2CCSCC2C(=O)O)o1. The molecule has 0 aromatic carbocycles. The van der Waals surface area contributed by atoms with E-state index in [0.717, 1.165) is 18.1 Å². The summed E-state index contributed by atoms with van der Waals surface area (Å²) in [5.41, 5.74) is -0.0742. The van der Waals surface area contributed by atoms with Gasteiger partial charge in [0.15, 0.2) is 0 Å². The number of aromatic nitrogens is 1. The Morgan fingerprint density at radius 2 is 2.37 bits per heavy atom. The molecule has 0 spiro atoms. The highest BCUT2D eigenvalue weighted by Crippen LogP contribution is 2.24. The molecule has 106 valence electrons. The Labute approximate surface area is 117 Å². The molecule has 1 aromatic heterocycles. The lowest BCUT2D eigenvalue weighted by atomic mass is 9.94. The van der Waals surface area contributed by atoms with Crippen LogP contribution >= 0.6 is 11.8 Å². The van der Waals surface area contributed by atoms with Crippen LogP contribution in [0.1, 0.15) is 32.4 Å². The van der Waals surface area contributed by atoms with Gasteiger partial charge in [-0.3, -0.25) is 9.69 Å². The molecule has 1 unspecified atom stereocenters. The summed E-state index contributed by atoms with van der Waals surface area (Å²) in [6.45, 7) is 7.42. The molecular weight excluding hydrogens is 264 g/mol. The van der Waals surface area contributed by atoms with E-state index in [1.807, 2.05) is 4.90 Å². The lowest BCUT2D eigenvalue weighted by Crippen LogP contribution is -2.46. The topological polar surface area (TPSA) is 66.6 Å². The third-order valence-corrected chi connectivity index (χ3v) is 4.18. The first-order valence-corrected chi connectivity index (χ1v) is 7.53. The molecule has 5 nitrogen and oxygen atoms in total. The number of thioether (sulfide) groups is 1. The van der Waals surface area contributed by atoms with Gasteiger partial charge in [0.05, 0.1) is 12.7 Å². The molecule has 1 aromatic rings. The van der Waals surface area contributed by atoms with Crippen LogP contribution in [0.4, 0.5) is 0 Å². The van der Waals surface area contributed by atoms with Crippen molar-refractivity contribution in [3.63, 3.8) is 0 Å². The van der Waals surface area contributed by atoms with Crippen LogP contribution in [0.25, 0.3) is 0 Å². The van der Waals surface area contributed by atoms with Crippen molar-refractivity contribution in [2.45, 2.75) is 38.8 Å². The number of carboxylic acid groups (broad SMARTS) is 1. The fraction of sp³-hybridized carbons (Fsp3) is 0.692. The normalized spacial score (nSPS) is 21.5. The van der Waals surface area contributed by atoms with Crippen molar-refractivity contribution >= 4 is 17.7 Å². The smallest absolute Gasteiger partial charge is 0.321 e. The van der Waals surface area contributed by atoms with Crippen molar-refractivity contribution in [1.29, 1.82) is 0 Å². The summed E-state index contributed by atoms with van der Waals surface area (Å²) >= 11 is 1.68. The first-order chi connectivity index (χ1) is 8.88. The molecule has 1 saturated heterocycles. The standard InChI is InChI=1S/C13H20N2O3S/c1-13(2,3)10-6-14-11(18-10)7-15-4-5-19-8-9(15)12(16)17/h6,9H,4-5,7-8H2,1-3H3,(H,16,17). The molecule has 1 N–H and O–H groups in total.